The normalized spacial score (nSPS) is 11.3. The van der Waals surface area contributed by atoms with Gasteiger partial charge in [-0.05, 0) is 34.2 Å². The lowest BCUT2D eigenvalue weighted by molar-refractivity contribution is -0.120. The first kappa shape index (κ1) is 24.1. The van der Waals surface area contributed by atoms with E-state index < -0.39 is 42.1 Å². The topological polar surface area (TPSA) is 111 Å². The van der Waals surface area contributed by atoms with Crippen molar-refractivity contribution in [2.45, 2.75) is 18.9 Å². The lowest BCUT2D eigenvalue weighted by Gasteiger charge is -2.18. The minimum atomic E-state index is -3.38. The molecule has 13 heteroatoms. The summed E-state index contributed by atoms with van der Waals surface area (Å²) in [5.74, 6) is -5.34. The first-order chi connectivity index (χ1) is 16.8. The van der Waals surface area contributed by atoms with Crippen LogP contribution in [0.25, 0.3) is 5.69 Å². The van der Waals surface area contributed by atoms with Crippen LogP contribution in [0.15, 0.2) is 61.2 Å². The number of hydrogen-bond donors (Lipinski definition) is 2. The third-order valence-corrected chi connectivity index (χ3v) is 5.31. The van der Waals surface area contributed by atoms with Gasteiger partial charge in [-0.25, -0.2) is 14.1 Å². The molecule has 0 radical (unpaired) electrons. The third-order valence-electron chi connectivity index (χ3n) is 4.99. The van der Waals surface area contributed by atoms with Gasteiger partial charge in [0.1, 0.15) is 12.0 Å². The molecule has 3 aromatic heterocycles. The molecule has 0 aliphatic rings. The molecule has 0 fully saturated rings. The summed E-state index contributed by atoms with van der Waals surface area (Å²) < 4.78 is 45.2. The number of benzene rings is 1. The quantitative estimate of drug-likeness (QED) is 0.361. The van der Waals surface area contributed by atoms with E-state index in [1.54, 1.807) is 24.3 Å². The second-order valence-corrected chi connectivity index (χ2v) is 7.76. The average Bonchev–Trinajstić information content (AvgIpc) is 3.40. The van der Waals surface area contributed by atoms with Gasteiger partial charge in [0.05, 0.1) is 23.7 Å². The Labute approximate surface area is 202 Å². The Bertz CT molecular complexity index is 1310. The molecule has 0 bridgehead atoms. The van der Waals surface area contributed by atoms with Gasteiger partial charge < -0.3 is 10.6 Å². The number of halogens is 4. The number of para-hydroxylation sites is 1. The van der Waals surface area contributed by atoms with Crippen molar-refractivity contribution in [1.82, 2.24) is 35.5 Å². The van der Waals surface area contributed by atoms with Gasteiger partial charge in [0.15, 0.2) is 11.6 Å². The second-order valence-electron chi connectivity index (χ2n) is 7.36. The van der Waals surface area contributed by atoms with Gasteiger partial charge in [-0.2, -0.15) is 8.78 Å². The Morgan fingerprint density at radius 1 is 1.11 bits per heavy atom. The second kappa shape index (κ2) is 10.5. The van der Waals surface area contributed by atoms with Gasteiger partial charge in [-0.1, -0.05) is 35.9 Å². The molecule has 4 aromatic rings. The predicted octanol–water partition coefficient (Wildman–Crippen LogP) is 3.31. The van der Waals surface area contributed by atoms with Crippen molar-refractivity contribution < 1.29 is 18.0 Å². The zero-order valence-corrected chi connectivity index (χ0v) is 18.8. The van der Waals surface area contributed by atoms with Gasteiger partial charge in [0, 0.05) is 24.5 Å². The van der Waals surface area contributed by atoms with E-state index in [9.17, 15) is 13.6 Å². The smallest absolute Gasteiger partial charge is 0.306 e. The number of carbonyl (C=O) groups excluding carboxylic acids is 1. The number of alkyl halides is 2. The molecule has 0 atom stereocenters. The van der Waals surface area contributed by atoms with E-state index in [-0.39, 0.29) is 17.1 Å². The summed E-state index contributed by atoms with van der Waals surface area (Å²) in [7, 11) is 0. The number of hydrogen-bond acceptors (Lipinski definition) is 7. The summed E-state index contributed by atoms with van der Waals surface area (Å²) >= 11 is 6.05. The fourth-order valence-corrected chi connectivity index (χ4v) is 3.42. The first-order valence-electron chi connectivity index (χ1n) is 10.3. The van der Waals surface area contributed by atoms with E-state index in [2.05, 4.69) is 36.1 Å². The zero-order valence-electron chi connectivity index (χ0n) is 18.0. The van der Waals surface area contributed by atoms with Crippen LogP contribution in [0.4, 0.5) is 19.0 Å². The average molecular weight is 503 g/mol. The van der Waals surface area contributed by atoms with Crippen LogP contribution in [0.3, 0.4) is 0 Å². The summed E-state index contributed by atoms with van der Waals surface area (Å²) in [6.07, 6.45) is 3.33. The van der Waals surface area contributed by atoms with Crippen LogP contribution in [0, 0.1) is 5.82 Å². The molecule has 4 rings (SSSR count). The number of nitrogens with one attached hydrogen (secondary N) is 2. The number of amides is 1. The summed E-state index contributed by atoms with van der Waals surface area (Å²) in [4.78, 5) is 19.9. The molecule has 1 amide bonds. The minimum Gasteiger partial charge on any atom is -0.361 e. The molecule has 0 saturated heterocycles. The van der Waals surface area contributed by atoms with Gasteiger partial charge in [0.2, 0.25) is 5.91 Å². The van der Waals surface area contributed by atoms with Crippen LogP contribution in [0.2, 0.25) is 5.02 Å². The molecular formula is C22H18ClF3N8O. The van der Waals surface area contributed by atoms with Crippen molar-refractivity contribution in [3.8, 4) is 5.69 Å². The van der Waals surface area contributed by atoms with E-state index >= 15 is 4.39 Å². The summed E-state index contributed by atoms with van der Waals surface area (Å²) in [6.45, 7) is -0.838. The van der Waals surface area contributed by atoms with Crippen molar-refractivity contribution >= 4 is 23.3 Å². The van der Waals surface area contributed by atoms with Crippen molar-refractivity contribution in [2.24, 2.45) is 0 Å². The fourth-order valence-electron chi connectivity index (χ4n) is 3.23. The number of pyridine rings is 2. The molecule has 35 heavy (non-hydrogen) atoms. The molecule has 0 saturated carbocycles. The maximum atomic E-state index is 15.0. The highest BCUT2D eigenvalue weighted by Gasteiger charge is 2.33. The van der Waals surface area contributed by atoms with Crippen LogP contribution < -0.4 is 10.6 Å². The van der Waals surface area contributed by atoms with Gasteiger partial charge >= 0.3 is 5.92 Å². The molecule has 0 spiro atoms. The van der Waals surface area contributed by atoms with E-state index in [1.165, 1.54) is 35.4 Å². The number of nitrogens with zero attached hydrogens (tertiary/aromatic N) is 6. The SMILES string of the molecule is O=C(Cc1c(Cl)cnc(NCC(F)(F)c2ccccn2)c1F)NCc1ccccc1-n1cnnn1. The van der Waals surface area contributed by atoms with Crippen LogP contribution in [0.5, 0.6) is 0 Å². The Hall–Kier alpha value is -4.06. The van der Waals surface area contributed by atoms with Crippen molar-refractivity contribution in [3.05, 3.63) is 88.8 Å². The van der Waals surface area contributed by atoms with Crippen LogP contribution in [0.1, 0.15) is 16.8 Å². The third kappa shape index (κ3) is 5.72. The number of rotatable bonds is 9. The van der Waals surface area contributed by atoms with E-state index in [1.807, 2.05) is 0 Å². The first-order valence-corrected chi connectivity index (χ1v) is 10.7. The number of anilines is 1. The summed E-state index contributed by atoms with van der Waals surface area (Å²) in [6, 6.07) is 11.2. The van der Waals surface area contributed by atoms with E-state index in [0.29, 0.717) is 11.3 Å². The molecule has 1 aromatic carbocycles. The van der Waals surface area contributed by atoms with Crippen molar-refractivity contribution in [3.63, 3.8) is 0 Å². The van der Waals surface area contributed by atoms with Gasteiger partial charge in [-0.3, -0.25) is 9.78 Å². The Morgan fingerprint density at radius 3 is 2.66 bits per heavy atom. The minimum absolute atomic E-state index is 0.103. The molecular weight excluding hydrogens is 485 g/mol. The molecule has 0 aliphatic heterocycles. The maximum absolute atomic E-state index is 15.0. The summed E-state index contributed by atoms with van der Waals surface area (Å²) in [5, 5.41) is 15.9. The van der Waals surface area contributed by atoms with Crippen LogP contribution in [-0.4, -0.2) is 42.6 Å². The monoisotopic (exact) mass is 502 g/mol. The van der Waals surface area contributed by atoms with Crippen LogP contribution >= 0.6 is 11.6 Å². The highest BCUT2D eigenvalue weighted by atomic mass is 35.5. The largest absolute Gasteiger partial charge is 0.361 e. The van der Waals surface area contributed by atoms with Crippen molar-refractivity contribution in [1.29, 1.82) is 0 Å². The lowest BCUT2D eigenvalue weighted by atomic mass is 10.1. The lowest BCUT2D eigenvalue weighted by Crippen LogP contribution is -2.27. The molecule has 0 unspecified atom stereocenters. The van der Waals surface area contributed by atoms with Gasteiger partial charge in [0.25, 0.3) is 0 Å². The molecule has 180 valence electrons. The number of tetrazole rings is 1. The molecule has 9 nitrogen and oxygen atoms in total. The Kier molecular flexibility index (Phi) is 7.20. The fraction of sp³-hybridized carbons (Fsp3) is 0.182. The van der Waals surface area contributed by atoms with Crippen molar-refractivity contribution in [2.75, 3.05) is 11.9 Å². The maximum Gasteiger partial charge on any atom is 0.306 e. The number of carbonyl (C=O) groups is 1. The van der Waals surface area contributed by atoms with Gasteiger partial charge in [-0.15, -0.1) is 5.10 Å². The highest BCUT2D eigenvalue weighted by molar-refractivity contribution is 6.31. The molecule has 2 N–H and O–H groups in total. The van der Waals surface area contributed by atoms with E-state index in [0.717, 1.165) is 6.20 Å². The van der Waals surface area contributed by atoms with Crippen LogP contribution in [-0.2, 0) is 23.7 Å². The summed E-state index contributed by atoms with van der Waals surface area (Å²) in [5.41, 5.74) is 0.736. The standard InChI is InChI=1S/C22H18ClF3N8O/c23-16-11-29-21(30-12-22(25,26)18-7-3-4-8-27-18)20(24)15(16)9-19(35)28-10-14-5-1-2-6-17(14)34-13-31-32-33-34/h1-8,11,13H,9-10,12H2,(H,28,35)(H,29,30). The molecule has 3 heterocycles. The predicted molar refractivity (Wildman–Crippen MR) is 121 cm³/mol. The Balaban J connectivity index is 1.43. The Morgan fingerprint density at radius 2 is 1.91 bits per heavy atom. The zero-order chi connectivity index (χ0) is 24.8. The highest BCUT2D eigenvalue weighted by Crippen LogP contribution is 2.28. The number of aromatic nitrogens is 6. The van der Waals surface area contributed by atoms with E-state index in [4.69, 9.17) is 11.6 Å². The molecule has 0 aliphatic carbocycles.